The summed E-state index contributed by atoms with van der Waals surface area (Å²) in [6, 6.07) is 9.16. The predicted molar refractivity (Wildman–Crippen MR) is 71.3 cm³/mol. The van der Waals surface area contributed by atoms with Gasteiger partial charge in [0.1, 0.15) is 6.04 Å². The highest BCUT2D eigenvalue weighted by Crippen LogP contribution is 2.15. The topological polar surface area (TPSA) is 50.8 Å². The van der Waals surface area contributed by atoms with Gasteiger partial charge in [-0.2, -0.15) is 0 Å². The van der Waals surface area contributed by atoms with Crippen molar-refractivity contribution in [3.63, 3.8) is 0 Å². The van der Waals surface area contributed by atoms with Crippen LogP contribution in [-0.4, -0.2) is 43.9 Å². The maximum atomic E-state index is 12.1. The highest BCUT2D eigenvalue weighted by molar-refractivity contribution is 5.77. The van der Waals surface area contributed by atoms with E-state index in [9.17, 15) is 4.79 Å². The number of morpholine rings is 1. The molecule has 0 amide bonds. The minimum absolute atomic E-state index is 0.250. The molecule has 1 aromatic carbocycles. The second kappa shape index (κ2) is 7.23. The lowest BCUT2D eigenvalue weighted by atomic mass is 10.1. The first-order valence-electron chi connectivity index (χ1n) is 6.61. The van der Waals surface area contributed by atoms with Gasteiger partial charge in [0.25, 0.3) is 0 Å². The van der Waals surface area contributed by atoms with Crippen LogP contribution in [0.15, 0.2) is 30.3 Å². The number of esters is 1. The van der Waals surface area contributed by atoms with Crippen molar-refractivity contribution in [1.29, 1.82) is 0 Å². The van der Waals surface area contributed by atoms with E-state index in [1.54, 1.807) is 0 Å². The predicted octanol–water partition coefficient (Wildman–Crippen LogP) is 1.13. The Kier molecular flexibility index (Phi) is 5.32. The Morgan fingerprint density at radius 1 is 1.37 bits per heavy atom. The molecule has 0 aliphatic carbocycles. The molecule has 0 spiro atoms. The van der Waals surface area contributed by atoms with Gasteiger partial charge in [0.05, 0.1) is 19.8 Å². The molecule has 1 fully saturated rings. The first-order chi connectivity index (χ1) is 9.31. The van der Waals surface area contributed by atoms with Crippen LogP contribution < -0.4 is 5.43 Å². The molecule has 1 heterocycles. The summed E-state index contributed by atoms with van der Waals surface area (Å²) in [6.07, 6.45) is 0. The molecule has 1 aliphatic heterocycles. The Hall–Kier alpha value is -1.43. The zero-order chi connectivity index (χ0) is 13.5. The fourth-order valence-electron chi connectivity index (χ4n) is 2.01. The molecule has 0 aromatic heterocycles. The quantitative estimate of drug-likeness (QED) is 0.808. The van der Waals surface area contributed by atoms with Crippen molar-refractivity contribution in [3.05, 3.63) is 35.9 Å². The minimum atomic E-state index is -0.459. The molecule has 1 aromatic rings. The van der Waals surface area contributed by atoms with Gasteiger partial charge in [-0.1, -0.05) is 30.3 Å². The average Bonchev–Trinajstić information content (AvgIpc) is 2.47. The molecule has 1 saturated heterocycles. The molecule has 0 saturated carbocycles. The number of rotatable bonds is 5. The number of hydrogen-bond donors (Lipinski definition) is 1. The lowest BCUT2D eigenvalue weighted by Crippen LogP contribution is -2.49. The molecule has 0 bridgehead atoms. The number of hydrazine groups is 1. The average molecular weight is 264 g/mol. The van der Waals surface area contributed by atoms with Gasteiger partial charge in [0.15, 0.2) is 0 Å². The van der Waals surface area contributed by atoms with E-state index in [1.165, 1.54) is 0 Å². The Morgan fingerprint density at radius 2 is 2.05 bits per heavy atom. The monoisotopic (exact) mass is 264 g/mol. The van der Waals surface area contributed by atoms with Crippen LogP contribution in [0.1, 0.15) is 18.5 Å². The van der Waals surface area contributed by atoms with Crippen LogP contribution in [0.3, 0.4) is 0 Å². The van der Waals surface area contributed by atoms with Gasteiger partial charge in [-0.05, 0) is 12.5 Å². The van der Waals surface area contributed by atoms with Crippen molar-refractivity contribution in [1.82, 2.24) is 10.4 Å². The number of ether oxygens (including phenoxy) is 2. The maximum absolute atomic E-state index is 12.1. The van der Waals surface area contributed by atoms with Crippen molar-refractivity contribution >= 4 is 5.97 Å². The van der Waals surface area contributed by atoms with E-state index in [0.29, 0.717) is 19.8 Å². The summed E-state index contributed by atoms with van der Waals surface area (Å²) < 4.78 is 10.4. The Bertz CT molecular complexity index is 391. The molecular formula is C14H20N2O3. The van der Waals surface area contributed by atoms with Crippen molar-refractivity contribution in [3.8, 4) is 0 Å². The zero-order valence-corrected chi connectivity index (χ0v) is 11.2. The van der Waals surface area contributed by atoms with Crippen LogP contribution in [0.2, 0.25) is 0 Å². The van der Waals surface area contributed by atoms with Gasteiger partial charge >= 0.3 is 5.97 Å². The molecule has 19 heavy (non-hydrogen) atoms. The van der Waals surface area contributed by atoms with E-state index in [0.717, 1.165) is 18.7 Å². The number of carbonyl (C=O) groups excluding carboxylic acids is 1. The zero-order valence-electron chi connectivity index (χ0n) is 11.2. The third kappa shape index (κ3) is 4.02. The van der Waals surface area contributed by atoms with E-state index in [2.05, 4.69) is 5.43 Å². The van der Waals surface area contributed by atoms with E-state index in [1.807, 2.05) is 42.3 Å². The Labute approximate surface area is 113 Å². The van der Waals surface area contributed by atoms with Crippen molar-refractivity contribution in [2.24, 2.45) is 0 Å². The lowest BCUT2D eigenvalue weighted by molar-refractivity contribution is -0.148. The van der Waals surface area contributed by atoms with Crippen LogP contribution in [-0.2, 0) is 14.3 Å². The summed E-state index contributed by atoms with van der Waals surface area (Å²) in [5, 5.41) is 2.01. The molecular weight excluding hydrogens is 244 g/mol. The van der Waals surface area contributed by atoms with Gasteiger partial charge in [0, 0.05) is 13.1 Å². The summed E-state index contributed by atoms with van der Waals surface area (Å²) in [4.78, 5) is 12.1. The van der Waals surface area contributed by atoms with Gasteiger partial charge in [0.2, 0.25) is 0 Å². The molecule has 1 aliphatic rings. The largest absolute Gasteiger partial charge is 0.465 e. The summed E-state index contributed by atoms with van der Waals surface area (Å²) in [5.74, 6) is -0.250. The van der Waals surface area contributed by atoms with E-state index < -0.39 is 6.04 Å². The molecule has 5 heteroatoms. The number of benzene rings is 1. The van der Waals surface area contributed by atoms with Gasteiger partial charge in [-0.15, -0.1) is 0 Å². The SMILES string of the molecule is CCOC(=O)C(NN1CCOCC1)c1ccccc1. The second-order valence-corrected chi connectivity index (χ2v) is 4.32. The third-order valence-corrected chi connectivity index (χ3v) is 2.98. The maximum Gasteiger partial charge on any atom is 0.329 e. The first-order valence-corrected chi connectivity index (χ1v) is 6.61. The Morgan fingerprint density at radius 3 is 2.68 bits per heavy atom. The molecule has 1 atom stereocenters. The normalized spacial score (nSPS) is 17.9. The van der Waals surface area contributed by atoms with Crippen LogP contribution in [0.5, 0.6) is 0 Å². The first kappa shape index (κ1) is 14.0. The number of nitrogens with zero attached hydrogens (tertiary/aromatic N) is 1. The fourth-order valence-corrected chi connectivity index (χ4v) is 2.01. The van der Waals surface area contributed by atoms with Crippen molar-refractivity contribution < 1.29 is 14.3 Å². The summed E-state index contributed by atoms with van der Waals surface area (Å²) in [7, 11) is 0. The molecule has 0 radical (unpaired) electrons. The number of nitrogens with one attached hydrogen (secondary N) is 1. The lowest BCUT2D eigenvalue weighted by Gasteiger charge is -2.30. The van der Waals surface area contributed by atoms with Gasteiger partial charge < -0.3 is 9.47 Å². The van der Waals surface area contributed by atoms with E-state index >= 15 is 0 Å². The van der Waals surface area contributed by atoms with Crippen LogP contribution in [0, 0.1) is 0 Å². The summed E-state index contributed by atoms with van der Waals surface area (Å²) in [5.41, 5.74) is 4.15. The molecule has 2 rings (SSSR count). The van der Waals surface area contributed by atoms with Crippen LogP contribution in [0.25, 0.3) is 0 Å². The number of hydrogen-bond acceptors (Lipinski definition) is 5. The highest BCUT2D eigenvalue weighted by atomic mass is 16.5. The summed E-state index contributed by atoms with van der Waals surface area (Å²) in [6.45, 7) is 5.09. The highest BCUT2D eigenvalue weighted by Gasteiger charge is 2.24. The smallest absolute Gasteiger partial charge is 0.329 e. The Balaban J connectivity index is 2.07. The molecule has 1 N–H and O–H groups in total. The molecule has 5 nitrogen and oxygen atoms in total. The van der Waals surface area contributed by atoms with Crippen molar-refractivity contribution in [2.75, 3.05) is 32.9 Å². The standard InChI is InChI=1S/C14H20N2O3/c1-2-19-14(17)13(12-6-4-3-5-7-12)15-16-8-10-18-11-9-16/h3-7,13,15H,2,8-11H2,1H3. The fraction of sp³-hybridized carbons (Fsp3) is 0.500. The molecule has 1 unspecified atom stereocenters. The van der Waals surface area contributed by atoms with Crippen molar-refractivity contribution in [2.45, 2.75) is 13.0 Å². The van der Waals surface area contributed by atoms with Gasteiger partial charge in [-0.25, -0.2) is 15.2 Å². The van der Waals surface area contributed by atoms with E-state index in [-0.39, 0.29) is 5.97 Å². The van der Waals surface area contributed by atoms with E-state index in [4.69, 9.17) is 9.47 Å². The number of carbonyl (C=O) groups is 1. The minimum Gasteiger partial charge on any atom is -0.465 e. The van der Waals surface area contributed by atoms with Crippen LogP contribution >= 0.6 is 0 Å². The molecule has 104 valence electrons. The third-order valence-electron chi connectivity index (χ3n) is 2.98. The van der Waals surface area contributed by atoms with Gasteiger partial charge in [-0.3, -0.25) is 0 Å². The van der Waals surface area contributed by atoms with Crippen LogP contribution in [0.4, 0.5) is 0 Å². The second-order valence-electron chi connectivity index (χ2n) is 4.32. The summed E-state index contributed by atoms with van der Waals surface area (Å²) >= 11 is 0.